The molecule has 0 saturated heterocycles. The number of likely N-dealkylation sites (N-methyl/N-ethyl adjacent to an activating group) is 1. The van der Waals surface area contributed by atoms with Gasteiger partial charge < -0.3 is 10.2 Å². The van der Waals surface area contributed by atoms with E-state index in [1.807, 2.05) is 19.1 Å². The molecule has 0 radical (unpaired) electrons. The number of nitrogens with zero attached hydrogens (tertiary/aromatic N) is 2. The van der Waals surface area contributed by atoms with Crippen LogP contribution in [-0.4, -0.2) is 41.8 Å². The van der Waals surface area contributed by atoms with Crippen LogP contribution in [0, 0.1) is 0 Å². The summed E-state index contributed by atoms with van der Waals surface area (Å²) in [5.74, 6) is -0.483. The molecule has 1 N–H and O–H groups in total. The molecule has 0 aliphatic heterocycles. The molecule has 0 fully saturated rings. The van der Waals surface area contributed by atoms with Gasteiger partial charge in [0, 0.05) is 19.0 Å². The summed E-state index contributed by atoms with van der Waals surface area (Å²) in [6, 6.07) is 8.74. The predicted molar refractivity (Wildman–Crippen MR) is 82.4 cm³/mol. The Morgan fingerprint density at radius 1 is 1.33 bits per heavy atom. The highest BCUT2D eigenvalue weighted by atomic mass is 35.5. The first-order valence-corrected chi connectivity index (χ1v) is 6.98. The van der Waals surface area contributed by atoms with E-state index >= 15 is 0 Å². The van der Waals surface area contributed by atoms with Crippen molar-refractivity contribution in [2.75, 3.05) is 20.1 Å². The van der Waals surface area contributed by atoms with Gasteiger partial charge in [0.05, 0.1) is 17.6 Å². The maximum Gasteiger partial charge on any atom is 0.252 e. The molecule has 0 atom stereocenters. The molecule has 0 spiro atoms. The number of hydrogen-bond donors (Lipinski definition) is 1. The number of nitrogens with one attached hydrogen (secondary N) is 1. The molecule has 0 saturated carbocycles. The molecule has 6 heteroatoms. The molecule has 2 amide bonds. The first kappa shape index (κ1) is 15.3. The molecule has 2 rings (SSSR count). The van der Waals surface area contributed by atoms with E-state index in [9.17, 15) is 9.59 Å². The van der Waals surface area contributed by atoms with E-state index in [2.05, 4.69) is 10.3 Å². The second kappa shape index (κ2) is 6.54. The number of hydrogen-bond acceptors (Lipinski definition) is 3. The zero-order valence-corrected chi connectivity index (χ0v) is 12.6. The maximum absolute atomic E-state index is 12.3. The lowest BCUT2D eigenvalue weighted by molar-refractivity contribution is -0.128. The van der Waals surface area contributed by atoms with Crippen molar-refractivity contribution in [3.8, 4) is 0 Å². The number of fused-ring (bicyclic) bond motifs is 1. The average molecular weight is 306 g/mol. The SMILES string of the molecule is CCN(C)C(=O)CNC(=O)c1cc(Cl)nc2ccccc12. The number of halogens is 1. The van der Waals surface area contributed by atoms with Crippen molar-refractivity contribution in [3.05, 3.63) is 41.0 Å². The molecular formula is C15H16ClN3O2. The Kier molecular flexibility index (Phi) is 4.75. The Morgan fingerprint density at radius 2 is 2.05 bits per heavy atom. The van der Waals surface area contributed by atoms with Gasteiger partial charge in [0.2, 0.25) is 5.91 Å². The summed E-state index contributed by atoms with van der Waals surface area (Å²) in [5, 5.41) is 3.57. The molecule has 0 unspecified atom stereocenters. The van der Waals surface area contributed by atoms with Gasteiger partial charge in [-0.3, -0.25) is 9.59 Å². The van der Waals surface area contributed by atoms with Crippen molar-refractivity contribution < 1.29 is 9.59 Å². The second-order valence-corrected chi connectivity index (χ2v) is 4.99. The zero-order valence-electron chi connectivity index (χ0n) is 11.9. The van der Waals surface area contributed by atoms with E-state index in [1.54, 1.807) is 19.2 Å². The van der Waals surface area contributed by atoms with Crippen LogP contribution in [0.5, 0.6) is 0 Å². The highest BCUT2D eigenvalue weighted by Gasteiger charge is 2.14. The van der Waals surface area contributed by atoms with Gasteiger partial charge in [-0.1, -0.05) is 29.8 Å². The number of amides is 2. The third kappa shape index (κ3) is 3.49. The van der Waals surface area contributed by atoms with E-state index in [4.69, 9.17) is 11.6 Å². The Hall–Kier alpha value is -2.14. The number of para-hydroxylation sites is 1. The fourth-order valence-corrected chi connectivity index (χ4v) is 2.09. The number of pyridine rings is 1. The summed E-state index contributed by atoms with van der Waals surface area (Å²) >= 11 is 5.94. The summed E-state index contributed by atoms with van der Waals surface area (Å²) in [5.41, 5.74) is 1.06. The summed E-state index contributed by atoms with van der Waals surface area (Å²) in [4.78, 5) is 29.7. The Bertz CT molecular complexity index is 688. The molecule has 5 nitrogen and oxygen atoms in total. The first-order valence-electron chi connectivity index (χ1n) is 6.60. The predicted octanol–water partition coefficient (Wildman–Crippen LogP) is 2.10. The van der Waals surface area contributed by atoms with Gasteiger partial charge in [0.25, 0.3) is 5.91 Å². The minimum absolute atomic E-state index is 0.0442. The molecular weight excluding hydrogens is 290 g/mol. The molecule has 0 aliphatic rings. The summed E-state index contributed by atoms with van der Waals surface area (Å²) < 4.78 is 0. The van der Waals surface area contributed by atoms with E-state index in [0.717, 1.165) is 0 Å². The molecule has 2 aromatic rings. The maximum atomic E-state index is 12.3. The van der Waals surface area contributed by atoms with Gasteiger partial charge in [-0.25, -0.2) is 4.98 Å². The van der Waals surface area contributed by atoms with Gasteiger partial charge in [-0.15, -0.1) is 0 Å². The Morgan fingerprint density at radius 3 is 2.76 bits per heavy atom. The highest BCUT2D eigenvalue weighted by molar-refractivity contribution is 6.30. The van der Waals surface area contributed by atoms with Crippen LogP contribution in [-0.2, 0) is 4.79 Å². The first-order chi connectivity index (χ1) is 10.0. The normalized spacial score (nSPS) is 10.4. The van der Waals surface area contributed by atoms with Crippen LogP contribution in [0.4, 0.5) is 0 Å². The molecule has 1 aromatic carbocycles. The van der Waals surface area contributed by atoms with Gasteiger partial charge in [0.15, 0.2) is 0 Å². The monoisotopic (exact) mass is 305 g/mol. The summed E-state index contributed by atoms with van der Waals surface area (Å²) in [7, 11) is 1.69. The largest absolute Gasteiger partial charge is 0.345 e. The summed E-state index contributed by atoms with van der Waals surface area (Å²) in [6.07, 6.45) is 0. The highest BCUT2D eigenvalue weighted by Crippen LogP contribution is 2.20. The van der Waals surface area contributed by atoms with Crippen LogP contribution in [0.15, 0.2) is 30.3 Å². The van der Waals surface area contributed by atoms with Crippen molar-refractivity contribution in [1.82, 2.24) is 15.2 Å². The Labute approximate surface area is 127 Å². The molecule has 0 aliphatic carbocycles. The number of carbonyl (C=O) groups excluding carboxylic acids is 2. The van der Waals surface area contributed by atoms with Gasteiger partial charge >= 0.3 is 0 Å². The summed E-state index contributed by atoms with van der Waals surface area (Å²) in [6.45, 7) is 2.42. The van der Waals surface area contributed by atoms with Crippen LogP contribution < -0.4 is 5.32 Å². The molecule has 0 bridgehead atoms. The minimum Gasteiger partial charge on any atom is -0.345 e. The van der Waals surface area contributed by atoms with Crippen molar-refractivity contribution >= 4 is 34.3 Å². The van der Waals surface area contributed by atoms with E-state index in [1.165, 1.54) is 11.0 Å². The third-order valence-corrected chi connectivity index (χ3v) is 3.42. The number of aromatic nitrogens is 1. The smallest absolute Gasteiger partial charge is 0.252 e. The molecule has 21 heavy (non-hydrogen) atoms. The quantitative estimate of drug-likeness (QED) is 0.880. The average Bonchev–Trinajstić information content (AvgIpc) is 2.50. The molecule has 1 aromatic heterocycles. The van der Waals surface area contributed by atoms with Crippen LogP contribution in [0.2, 0.25) is 5.15 Å². The van der Waals surface area contributed by atoms with Gasteiger partial charge in [0.1, 0.15) is 5.15 Å². The van der Waals surface area contributed by atoms with Gasteiger partial charge in [-0.2, -0.15) is 0 Å². The lowest BCUT2D eigenvalue weighted by Crippen LogP contribution is -2.38. The zero-order chi connectivity index (χ0) is 15.4. The number of rotatable bonds is 4. The Balaban J connectivity index is 2.22. The van der Waals surface area contributed by atoms with Crippen molar-refractivity contribution in [3.63, 3.8) is 0 Å². The van der Waals surface area contributed by atoms with Gasteiger partial charge in [-0.05, 0) is 19.1 Å². The fourth-order valence-electron chi connectivity index (χ4n) is 1.89. The second-order valence-electron chi connectivity index (χ2n) is 4.60. The standard InChI is InChI=1S/C15H16ClN3O2/c1-3-19(2)14(20)9-17-15(21)11-8-13(16)18-12-7-5-4-6-10(11)12/h4-8H,3,9H2,1-2H3,(H,17,21). The minimum atomic E-state index is -0.339. The topological polar surface area (TPSA) is 62.3 Å². The molecule has 1 heterocycles. The van der Waals surface area contributed by atoms with Crippen LogP contribution in [0.25, 0.3) is 10.9 Å². The van der Waals surface area contributed by atoms with Crippen LogP contribution in [0.3, 0.4) is 0 Å². The van der Waals surface area contributed by atoms with Crippen molar-refractivity contribution in [2.45, 2.75) is 6.92 Å². The lowest BCUT2D eigenvalue weighted by atomic mass is 10.1. The van der Waals surface area contributed by atoms with Crippen LogP contribution >= 0.6 is 11.6 Å². The third-order valence-electron chi connectivity index (χ3n) is 3.23. The van der Waals surface area contributed by atoms with Crippen LogP contribution in [0.1, 0.15) is 17.3 Å². The molecule has 110 valence electrons. The number of carbonyl (C=O) groups is 2. The van der Waals surface area contributed by atoms with E-state index in [-0.39, 0.29) is 23.5 Å². The lowest BCUT2D eigenvalue weighted by Gasteiger charge is -2.15. The van der Waals surface area contributed by atoms with E-state index < -0.39 is 0 Å². The number of benzene rings is 1. The van der Waals surface area contributed by atoms with Crippen molar-refractivity contribution in [1.29, 1.82) is 0 Å². The fraction of sp³-hybridized carbons (Fsp3) is 0.267. The van der Waals surface area contributed by atoms with E-state index in [0.29, 0.717) is 23.0 Å². The van der Waals surface area contributed by atoms with Crippen molar-refractivity contribution in [2.24, 2.45) is 0 Å².